The zero-order valence-corrected chi connectivity index (χ0v) is 35.0. The van der Waals surface area contributed by atoms with Crippen molar-refractivity contribution in [1.29, 1.82) is 0 Å². The fraction of sp³-hybridized carbons (Fsp3) is 0.455. The summed E-state index contributed by atoms with van der Waals surface area (Å²) in [6.45, 7) is 39.4. The molecule has 4 aromatic carbocycles. The Morgan fingerprint density at radius 1 is 0.438 bits per heavy atom. The SMILES string of the molecule is CC(C)(C)c1cc(C(C)(C)C)c2c(c1)[Si](C)(C)c1cc(C(C)(C)C)cc(C(C)(C)C)c1N2B1c2ccccc2[Si](C)(C)c2ccccc21. The minimum atomic E-state index is -2.22. The molecule has 0 atom stereocenters. The molecule has 0 aliphatic carbocycles. The maximum absolute atomic E-state index is 2.89. The van der Waals surface area contributed by atoms with Crippen LogP contribution in [0.5, 0.6) is 0 Å². The van der Waals surface area contributed by atoms with Crippen LogP contribution in [0.2, 0.25) is 26.2 Å². The molecule has 0 saturated heterocycles. The zero-order valence-electron chi connectivity index (χ0n) is 33.0. The predicted octanol–water partition coefficient (Wildman–Crippen LogP) is 8.09. The van der Waals surface area contributed by atoms with Crippen LogP contribution in [-0.2, 0) is 21.7 Å². The average molecular weight is 670 g/mol. The lowest BCUT2D eigenvalue weighted by molar-refractivity contribution is 0.568. The second-order valence-electron chi connectivity index (χ2n) is 20.0. The van der Waals surface area contributed by atoms with Gasteiger partial charge in [-0.15, -0.1) is 0 Å². The molecule has 0 bridgehead atoms. The summed E-state index contributed by atoms with van der Waals surface area (Å²) in [6.07, 6.45) is 0. The molecule has 4 aromatic rings. The highest BCUT2D eigenvalue weighted by molar-refractivity contribution is 7.12. The maximum atomic E-state index is 2.89. The van der Waals surface area contributed by atoms with Crippen molar-refractivity contribution in [3.8, 4) is 0 Å². The minimum absolute atomic E-state index is 0.0411. The van der Waals surface area contributed by atoms with Crippen LogP contribution in [0.1, 0.15) is 105 Å². The van der Waals surface area contributed by atoms with E-state index in [-0.39, 0.29) is 28.5 Å². The second kappa shape index (κ2) is 10.8. The predicted molar refractivity (Wildman–Crippen MR) is 221 cm³/mol. The Morgan fingerprint density at radius 3 is 1.10 bits per heavy atom. The molecule has 0 amide bonds. The van der Waals surface area contributed by atoms with E-state index < -0.39 is 16.1 Å². The molecule has 252 valence electrons. The van der Waals surface area contributed by atoms with Gasteiger partial charge in [-0.05, 0) is 54.3 Å². The highest BCUT2D eigenvalue weighted by Gasteiger charge is 2.51. The van der Waals surface area contributed by atoms with E-state index in [1.807, 2.05) is 0 Å². The number of fused-ring (bicyclic) bond motifs is 4. The summed E-state index contributed by atoms with van der Waals surface area (Å²) in [5.41, 5.74) is 11.8. The van der Waals surface area contributed by atoms with Gasteiger partial charge in [0.25, 0.3) is 0 Å². The van der Waals surface area contributed by atoms with Crippen LogP contribution in [0.3, 0.4) is 0 Å². The van der Waals surface area contributed by atoms with Crippen LogP contribution in [-0.4, -0.2) is 23.0 Å². The molecule has 4 heteroatoms. The summed E-state index contributed by atoms with van der Waals surface area (Å²) in [5.74, 6) is 0. The molecular weight excluding hydrogens is 609 g/mol. The Kier molecular flexibility index (Phi) is 7.91. The Balaban J connectivity index is 1.88. The number of hydrogen-bond acceptors (Lipinski definition) is 1. The van der Waals surface area contributed by atoms with Crippen molar-refractivity contribution in [2.75, 3.05) is 4.81 Å². The second-order valence-corrected chi connectivity index (χ2v) is 28.7. The van der Waals surface area contributed by atoms with E-state index in [0.29, 0.717) is 0 Å². The van der Waals surface area contributed by atoms with Crippen molar-refractivity contribution in [3.05, 3.63) is 95.1 Å². The summed E-state index contributed by atoms with van der Waals surface area (Å²) in [4.78, 5) is 2.89. The number of rotatable bonds is 1. The first-order chi connectivity index (χ1) is 21.9. The van der Waals surface area contributed by atoms with E-state index in [1.165, 1.54) is 44.6 Å². The van der Waals surface area contributed by atoms with Crippen molar-refractivity contribution in [1.82, 2.24) is 0 Å². The topological polar surface area (TPSA) is 3.24 Å². The van der Waals surface area contributed by atoms with Crippen LogP contribution in [0.4, 0.5) is 11.4 Å². The van der Waals surface area contributed by atoms with Crippen molar-refractivity contribution in [2.24, 2.45) is 0 Å². The van der Waals surface area contributed by atoms with Crippen LogP contribution >= 0.6 is 0 Å². The van der Waals surface area contributed by atoms with Gasteiger partial charge in [-0.25, -0.2) is 0 Å². The van der Waals surface area contributed by atoms with Gasteiger partial charge in [0.15, 0.2) is 0 Å². The van der Waals surface area contributed by atoms with Crippen LogP contribution in [0.25, 0.3) is 0 Å². The molecule has 2 aliphatic heterocycles. The Bertz CT molecular complexity index is 1790. The molecule has 6 rings (SSSR count). The molecule has 0 N–H and O–H groups in total. The molecule has 2 heterocycles. The van der Waals surface area contributed by atoms with Gasteiger partial charge in [0, 0.05) is 11.4 Å². The zero-order chi connectivity index (χ0) is 35.6. The van der Waals surface area contributed by atoms with E-state index in [9.17, 15) is 0 Å². The molecule has 0 fully saturated rings. The molecule has 2 aliphatic rings. The lowest BCUT2D eigenvalue weighted by atomic mass is 9.47. The smallest absolute Gasteiger partial charge is 0.327 e. The Hall–Kier alpha value is -2.82. The molecule has 48 heavy (non-hydrogen) atoms. The monoisotopic (exact) mass is 669 g/mol. The third-order valence-corrected chi connectivity index (χ3v) is 18.6. The first-order valence-electron chi connectivity index (χ1n) is 18.2. The third kappa shape index (κ3) is 5.41. The van der Waals surface area contributed by atoms with Gasteiger partial charge in [0.2, 0.25) is 0 Å². The quantitative estimate of drug-likeness (QED) is 0.185. The van der Waals surface area contributed by atoms with E-state index in [4.69, 9.17) is 0 Å². The van der Waals surface area contributed by atoms with Gasteiger partial charge < -0.3 is 4.81 Å². The maximum Gasteiger partial charge on any atom is 0.327 e. The average Bonchev–Trinajstić information content (AvgIpc) is 2.96. The number of anilines is 2. The highest BCUT2D eigenvalue weighted by atomic mass is 28.3. The van der Waals surface area contributed by atoms with E-state index in [1.54, 1.807) is 20.7 Å². The van der Waals surface area contributed by atoms with E-state index >= 15 is 0 Å². The van der Waals surface area contributed by atoms with Gasteiger partial charge in [-0.3, -0.25) is 0 Å². The highest BCUT2D eigenvalue weighted by Crippen LogP contribution is 2.46. The summed E-state index contributed by atoms with van der Waals surface area (Å²) in [7, 11) is -4.16. The molecule has 0 spiro atoms. The molecular formula is C44H60BNSi2. The first-order valence-corrected chi connectivity index (χ1v) is 24.2. The minimum Gasteiger partial charge on any atom is -0.377 e. The van der Waals surface area contributed by atoms with Gasteiger partial charge >= 0.3 is 6.85 Å². The first kappa shape index (κ1) is 35.0. The van der Waals surface area contributed by atoms with Crippen molar-refractivity contribution >= 4 is 66.0 Å². The molecule has 0 unspecified atom stereocenters. The molecule has 0 radical (unpaired) electrons. The normalized spacial score (nSPS) is 17.0. The van der Waals surface area contributed by atoms with Gasteiger partial charge in [0.1, 0.15) is 16.1 Å². The largest absolute Gasteiger partial charge is 0.377 e. The van der Waals surface area contributed by atoms with Crippen LogP contribution < -0.4 is 36.5 Å². The molecule has 0 saturated carbocycles. The van der Waals surface area contributed by atoms with Gasteiger partial charge in [-0.1, -0.05) is 203 Å². The number of hydrogen-bond donors (Lipinski definition) is 0. The summed E-state index contributed by atoms with van der Waals surface area (Å²) >= 11 is 0. The van der Waals surface area contributed by atoms with Crippen molar-refractivity contribution in [2.45, 2.75) is 131 Å². The molecule has 0 aromatic heterocycles. The van der Waals surface area contributed by atoms with Gasteiger partial charge in [0.05, 0.1) is 0 Å². The Labute approximate surface area is 295 Å². The molecule has 1 nitrogen and oxygen atoms in total. The summed E-state index contributed by atoms with van der Waals surface area (Å²) in [5, 5.41) is 6.34. The Morgan fingerprint density at radius 2 is 0.771 bits per heavy atom. The lowest BCUT2D eigenvalue weighted by Crippen LogP contribution is -2.78. The summed E-state index contributed by atoms with van der Waals surface area (Å²) in [6, 6.07) is 29.4. The van der Waals surface area contributed by atoms with Crippen molar-refractivity contribution < 1.29 is 0 Å². The fourth-order valence-corrected chi connectivity index (χ4v) is 14.7. The lowest BCUT2D eigenvalue weighted by Gasteiger charge is -2.51. The fourth-order valence-electron chi connectivity index (χ4n) is 8.47. The van der Waals surface area contributed by atoms with Gasteiger partial charge in [-0.2, -0.15) is 0 Å². The number of benzene rings is 4. The van der Waals surface area contributed by atoms with Crippen LogP contribution in [0.15, 0.2) is 72.8 Å². The number of nitrogens with zero attached hydrogens (tertiary/aromatic N) is 1. The van der Waals surface area contributed by atoms with Crippen LogP contribution in [0, 0.1) is 0 Å². The third-order valence-electron chi connectivity index (χ3n) is 11.5. The van der Waals surface area contributed by atoms with E-state index in [0.717, 1.165) is 0 Å². The van der Waals surface area contributed by atoms with Crippen molar-refractivity contribution in [3.63, 3.8) is 0 Å². The summed E-state index contributed by atoms with van der Waals surface area (Å²) < 4.78 is 0. The van der Waals surface area contributed by atoms with E-state index in [2.05, 4.69) is 187 Å². The standard InChI is InChI=1S/C44H60BNSi2/c1-41(2,3)29-25-31(43(7,8)9)39-37(27-29)48(15,16)38-28-30(42(4,5)6)26-32(44(10,11)12)40(38)46(39)45-33-21-17-19-23-35(33)47(13,14)36-24-20-18-22-34(36)45/h17-28H,1-16H3.